The number of aromatic amines is 1. The number of fused-ring (bicyclic) bond motifs is 1. The minimum absolute atomic E-state index is 0.212. The van der Waals surface area contributed by atoms with Crippen molar-refractivity contribution in [1.29, 1.82) is 0 Å². The maximum Gasteiger partial charge on any atom is 0.259 e. The van der Waals surface area contributed by atoms with Crippen LogP contribution in [0.5, 0.6) is 0 Å². The van der Waals surface area contributed by atoms with Crippen LogP contribution in [0, 0.1) is 0 Å². The molecule has 3 aromatic rings. The molecule has 0 aliphatic rings. The third-order valence-electron chi connectivity index (χ3n) is 2.51. The Balaban J connectivity index is 1.96. The fraction of sp³-hybridized carbons (Fsp3) is 0. The molecular weight excluding hydrogens is 218 g/mol. The molecule has 0 unspecified atom stereocenters. The third-order valence-corrected chi connectivity index (χ3v) is 2.51. The van der Waals surface area contributed by atoms with Crippen LogP contribution in [0.2, 0.25) is 0 Å². The van der Waals surface area contributed by atoms with Gasteiger partial charge in [0.2, 0.25) is 0 Å². The van der Waals surface area contributed by atoms with Crippen molar-refractivity contribution in [3.8, 4) is 0 Å². The summed E-state index contributed by atoms with van der Waals surface area (Å²) in [6.07, 6.45) is 3.09. The molecule has 0 saturated heterocycles. The highest BCUT2D eigenvalue weighted by molar-refractivity contribution is 6.12. The maximum atomic E-state index is 12.0. The van der Waals surface area contributed by atoms with Crippen molar-refractivity contribution in [3.05, 3.63) is 48.4 Å². The Kier molecular flexibility index (Phi) is 2.15. The van der Waals surface area contributed by atoms with Gasteiger partial charge in [0, 0.05) is 23.2 Å². The van der Waals surface area contributed by atoms with Crippen molar-refractivity contribution < 1.29 is 9.32 Å². The van der Waals surface area contributed by atoms with E-state index in [9.17, 15) is 4.79 Å². The van der Waals surface area contributed by atoms with Crippen LogP contribution in [-0.2, 0) is 0 Å². The van der Waals surface area contributed by atoms with Crippen LogP contribution in [0.1, 0.15) is 10.4 Å². The van der Waals surface area contributed by atoms with E-state index in [0.717, 1.165) is 10.9 Å². The predicted molar refractivity (Wildman–Crippen MR) is 62.8 cm³/mol. The molecule has 84 valence electrons. The highest BCUT2D eigenvalue weighted by Crippen LogP contribution is 2.18. The van der Waals surface area contributed by atoms with Gasteiger partial charge in [-0.3, -0.25) is 4.79 Å². The molecule has 0 atom stereocenters. The fourth-order valence-corrected chi connectivity index (χ4v) is 1.72. The number of anilines is 1. The van der Waals surface area contributed by atoms with Crippen LogP contribution < -0.4 is 5.32 Å². The van der Waals surface area contributed by atoms with Crippen LogP contribution in [0.4, 0.5) is 5.82 Å². The van der Waals surface area contributed by atoms with Gasteiger partial charge in [0.15, 0.2) is 5.82 Å². The molecule has 0 saturated carbocycles. The van der Waals surface area contributed by atoms with Crippen LogP contribution in [-0.4, -0.2) is 16.0 Å². The molecule has 5 heteroatoms. The number of hydrogen-bond acceptors (Lipinski definition) is 3. The molecule has 1 aromatic carbocycles. The average Bonchev–Trinajstić information content (AvgIpc) is 2.96. The van der Waals surface area contributed by atoms with E-state index in [-0.39, 0.29) is 5.91 Å². The first-order valence-corrected chi connectivity index (χ1v) is 5.12. The van der Waals surface area contributed by atoms with E-state index in [0.29, 0.717) is 11.4 Å². The molecular formula is C12H9N3O2. The van der Waals surface area contributed by atoms with E-state index in [1.54, 1.807) is 12.3 Å². The molecule has 0 radical (unpaired) electrons. The zero-order valence-corrected chi connectivity index (χ0v) is 8.81. The summed E-state index contributed by atoms with van der Waals surface area (Å²) in [5, 5.41) is 7.16. The summed E-state index contributed by atoms with van der Waals surface area (Å²) in [5.41, 5.74) is 1.52. The molecule has 0 spiro atoms. The number of aromatic nitrogens is 2. The van der Waals surface area contributed by atoms with Crippen LogP contribution in [0.3, 0.4) is 0 Å². The van der Waals surface area contributed by atoms with Gasteiger partial charge in [0.1, 0.15) is 6.26 Å². The van der Waals surface area contributed by atoms with E-state index in [4.69, 9.17) is 0 Å². The Hall–Kier alpha value is -2.56. The lowest BCUT2D eigenvalue weighted by atomic mass is 10.1. The van der Waals surface area contributed by atoms with Gasteiger partial charge in [0.25, 0.3) is 5.91 Å². The molecule has 17 heavy (non-hydrogen) atoms. The zero-order chi connectivity index (χ0) is 11.7. The number of rotatable bonds is 2. The van der Waals surface area contributed by atoms with E-state index in [1.807, 2.05) is 24.3 Å². The van der Waals surface area contributed by atoms with Gasteiger partial charge in [-0.25, -0.2) is 0 Å². The second-order valence-corrected chi connectivity index (χ2v) is 3.59. The van der Waals surface area contributed by atoms with Gasteiger partial charge in [-0.15, -0.1) is 0 Å². The first-order chi connectivity index (χ1) is 8.34. The normalized spacial score (nSPS) is 10.6. The number of hydrogen-bond donors (Lipinski definition) is 2. The van der Waals surface area contributed by atoms with Gasteiger partial charge in [0.05, 0.1) is 5.56 Å². The summed E-state index contributed by atoms with van der Waals surface area (Å²) < 4.78 is 4.65. The van der Waals surface area contributed by atoms with Gasteiger partial charge < -0.3 is 14.8 Å². The van der Waals surface area contributed by atoms with Crippen molar-refractivity contribution in [2.45, 2.75) is 0 Å². The van der Waals surface area contributed by atoms with Crippen molar-refractivity contribution >= 4 is 22.6 Å². The van der Waals surface area contributed by atoms with E-state index in [1.165, 1.54) is 6.26 Å². The van der Waals surface area contributed by atoms with Gasteiger partial charge >= 0.3 is 0 Å². The molecule has 2 aromatic heterocycles. The smallest absolute Gasteiger partial charge is 0.259 e. The van der Waals surface area contributed by atoms with Crippen molar-refractivity contribution in [1.82, 2.24) is 10.1 Å². The summed E-state index contributed by atoms with van der Waals surface area (Å²) in [7, 11) is 0. The first kappa shape index (κ1) is 9.65. The van der Waals surface area contributed by atoms with Crippen molar-refractivity contribution in [2.24, 2.45) is 0 Å². The Labute approximate surface area is 96.4 Å². The van der Waals surface area contributed by atoms with Crippen molar-refractivity contribution in [3.63, 3.8) is 0 Å². The lowest BCUT2D eigenvalue weighted by molar-refractivity contribution is 0.102. The number of carbonyl (C=O) groups excluding carboxylic acids is 1. The quantitative estimate of drug-likeness (QED) is 0.706. The molecule has 2 N–H and O–H groups in total. The molecule has 1 amide bonds. The third kappa shape index (κ3) is 1.67. The van der Waals surface area contributed by atoms with Crippen LogP contribution in [0.25, 0.3) is 10.9 Å². The highest BCUT2D eigenvalue weighted by Gasteiger charge is 2.12. The molecule has 0 aliphatic carbocycles. The Morgan fingerprint density at radius 1 is 1.29 bits per heavy atom. The second-order valence-electron chi connectivity index (χ2n) is 3.59. The summed E-state index contributed by atoms with van der Waals surface area (Å²) in [6, 6.07) is 9.21. The Morgan fingerprint density at radius 2 is 2.18 bits per heavy atom. The standard InChI is InChI=1S/C12H9N3O2/c16-12(14-11-5-6-17-15-11)9-7-13-10-4-2-1-3-8(9)10/h1-7,13H,(H,14,15,16). The maximum absolute atomic E-state index is 12.0. The van der Waals surface area contributed by atoms with Gasteiger partial charge in [-0.05, 0) is 6.07 Å². The lowest BCUT2D eigenvalue weighted by Crippen LogP contribution is -2.11. The highest BCUT2D eigenvalue weighted by atomic mass is 16.5. The molecule has 2 heterocycles. The monoisotopic (exact) mass is 227 g/mol. The SMILES string of the molecule is O=C(Nc1ccon1)c1c[nH]c2ccccc12. The number of H-pyrrole nitrogens is 1. The minimum Gasteiger partial charge on any atom is -0.363 e. The molecule has 0 aliphatic heterocycles. The van der Waals surface area contributed by atoms with Crippen LogP contribution in [0.15, 0.2) is 47.3 Å². The Bertz CT molecular complexity index is 655. The average molecular weight is 227 g/mol. The number of amides is 1. The van der Waals surface area contributed by atoms with E-state index in [2.05, 4.69) is 20.0 Å². The molecule has 0 fully saturated rings. The number of nitrogens with zero attached hydrogens (tertiary/aromatic N) is 1. The molecule has 3 rings (SSSR count). The van der Waals surface area contributed by atoms with Gasteiger partial charge in [-0.2, -0.15) is 0 Å². The van der Waals surface area contributed by atoms with E-state index < -0.39 is 0 Å². The fourth-order valence-electron chi connectivity index (χ4n) is 1.72. The minimum atomic E-state index is -0.212. The second kappa shape index (κ2) is 3.79. The Morgan fingerprint density at radius 3 is 3.00 bits per heavy atom. The summed E-state index contributed by atoms with van der Waals surface area (Å²) in [5.74, 6) is 0.191. The lowest BCUT2D eigenvalue weighted by Gasteiger charge is -1.99. The van der Waals surface area contributed by atoms with Crippen LogP contribution >= 0.6 is 0 Å². The van der Waals surface area contributed by atoms with E-state index >= 15 is 0 Å². The number of benzene rings is 1. The molecule has 0 bridgehead atoms. The largest absolute Gasteiger partial charge is 0.363 e. The predicted octanol–water partition coefficient (Wildman–Crippen LogP) is 2.41. The number of nitrogens with one attached hydrogen (secondary N) is 2. The number of para-hydroxylation sites is 1. The van der Waals surface area contributed by atoms with Gasteiger partial charge in [-0.1, -0.05) is 23.4 Å². The molecule has 5 nitrogen and oxygen atoms in total. The number of carbonyl (C=O) groups is 1. The topological polar surface area (TPSA) is 70.9 Å². The summed E-state index contributed by atoms with van der Waals surface area (Å²) >= 11 is 0. The first-order valence-electron chi connectivity index (χ1n) is 5.12. The summed E-state index contributed by atoms with van der Waals surface area (Å²) in [4.78, 5) is 15.0. The summed E-state index contributed by atoms with van der Waals surface area (Å²) in [6.45, 7) is 0. The zero-order valence-electron chi connectivity index (χ0n) is 8.81. The van der Waals surface area contributed by atoms with Crippen molar-refractivity contribution in [2.75, 3.05) is 5.32 Å².